The Kier molecular flexibility index (Phi) is 30.6. The Morgan fingerprint density at radius 3 is 1.65 bits per heavy atom. The van der Waals surface area contributed by atoms with Gasteiger partial charge in [0.1, 0.15) is 48.3 Å². The fourth-order valence-electron chi connectivity index (χ4n) is 7.86. The predicted octanol–water partition coefficient (Wildman–Crippen LogP) is -5.66. The number of imidazole rings is 1. The van der Waals surface area contributed by atoms with Crippen LogP contribution in [0.25, 0.3) is 0 Å². The summed E-state index contributed by atoms with van der Waals surface area (Å²) in [7, 11) is 0. The molecule has 0 spiro atoms. The standard InChI is InChI=1S/C51H84N18O13/c1-7-14-34(49(81)82)64-47(79)38(26(3)8-2)67-43(75)33(18-13-20-59-51(55)56)63-37(72)24-60-46(78)39(28(5)70)69-48(80)40(29(6)71)68-45(77)36(22-31-23-57-25-61-31)66-44(76)35(21-30-15-10-9-11-16-30)65-41(73)27(4)62-42(74)32(52)17-12-19-58-50(53)54/h9-11,15-16,23,25-29,32-36,38-40,70-71H,7-8,12-14,17-22,24,52H2,1-6H3,(H,57,61)(H,60,78)(H,62,74)(H,63,72)(H,64,79)(H,65,73)(H,66,76)(H,67,75)(H,68,77)(H,69,80)(H,81,82)(H4,53,54,58)(H4,55,56,59)/t26?,27-,28+,29+,32-,33+,34-,35+,36-,38-,39-,40-/m0/s1. The third-order valence-corrected chi connectivity index (χ3v) is 12.7. The van der Waals surface area contributed by atoms with Crippen LogP contribution in [0.15, 0.2) is 52.8 Å². The second-order valence-corrected chi connectivity index (χ2v) is 19.7. The lowest BCUT2D eigenvalue weighted by Gasteiger charge is -2.28. The zero-order valence-corrected chi connectivity index (χ0v) is 47.1. The second-order valence-electron chi connectivity index (χ2n) is 19.7. The van der Waals surface area contributed by atoms with Crippen LogP contribution in [0.3, 0.4) is 0 Å². The van der Waals surface area contributed by atoms with E-state index in [2.05, 4.69) is 67.8 Å². The van der Waals surface area contributed by atoms with Gasteiger partial charge in [-0.05, 0) is 64.4 Å². The molecule has 0 saturated heterocycles. The molecule has 2 aromatic rings. The van der Waals surface area contributed by atoms with Gasteiger partial charge < -0.3 is 96.8 Å². The van der Waals surface area contributed by atoms with E-state index in [4.69, 9.17) is 28.7 Å². The second kappa shape index (κ2) is 36.0. The van der Waals surface area contributed by atoms with Gasteiger partial charge in [-0.3, -0.25) is 53.1 Å². The molecule has 12 atom stereocenters. The summed E-state index contributed by atoms with van der Waals surface area (Å²) in [6.07, 6.45) is 0.532. The number of nitrogens with one attached hydrogen (secondary N) is 10. The van der Waals surface area contributed by atoms with Gasteiger partial charge in [0.25, 0.3) is 0 Å². The van der Waals surface area contributed by atoms with Crippen molar-refractivity contribution in [2.75, 3.05) is 19.6 Å². The minimum atomic E-state index is -1.85. The van der Waals surface area contributed by atoms with Crippen molar-refractivity contribution >= 4 is 71.1 Å². The van der Waals surface area contributed by atoms with Crippen molar-refractivity contribution < 1.29 is 63.3 Å². The molecule has 0 radical (unpaired) electrons. The number of nitrogens with two attached hydrogens (primary N) is 5. The number of benzene rings is 1. The van der Waals surface area contributed by atoms with Crippen LogP contribution in [0.1, 0.15) is 97.7 Å². The average Bonchev–Trinajstić information content (AvgIpc) is 3.98. The van der Waals surface area contributed by atoms with Crippen LogP contribution in [0.4, 0.5) is 0 Å². The van der Waals surface area contributed by atoms with Crippen LogP contribution in [-0.2, 0) is 60.8 Å². The molecular weight excluding hydrogens is 1070 g/mol. The highest BCUT2D eigenvalue weighted by Gasteiger charge is 2.37. The van der Waals surface area contributed by atoms with Crippen molar-refractivity contribution in [2.24, 2.45) is 44.6 Å². The Hall–Kier alpha value is -8.45. The molecule has 0 aliphatic heterocycles. The van der Waals surface area contributed by atoms with Gasteiger partial charge in [0, 0.05) is 37.8 Å². The Bertz CT molecular complexity index is 2470. The largest absolute Gasteiger partial charge is 0.480 e. The fraction of sp³-hybridized carbons (Fsp3) is 0.588. The number of H-pyrrole nitrogens is 1. The maximum absolute atomic E-state index is 14.2. The molecule has 456 valence electrons. The van der Waals surface area contributed by atoms with Crippen molar-refractivity contribution in [1.82, 2.24) is 57.8 Å². The summed E-state index contributed by atoms with van der Waals surface area (Å²) in [6.45, 7) is 8.24. The highest BCUT2D eigenvalue weighted by Crippen LogP contribution is 2.12. The normalized spacial score (nSPS) is 15.4. The van der Waals surface area contributed by atoms with Crippen molar-refractivity contribution in [2.45, 2.75) is 166 Å². The molecule has 23 N–H and O–H groups in total. The van der Waals surface area contributed by atoms with Crippen LogP contribution in [0.2, 0.25) is 0 Å². The molecule has 0 bridgehead atoms. The van der Waals surface area contributed by atoms with Gasteiger partial charge in [0.05, 0.1) is 31.1 Å². The van der Waals surface area contributed by atoms with E-state index in [1.165, 1.54) is 19.4 Å². The van der Waals surface area contributed by atoms with Crippen molar-refractivity contribution in [3.8, 4) is 0 Å². The number of aliphatic imine (C=N–C) groups is 2. The first-order valence-electron chi connectivity index (χ1n) is 26.8. The average molecular weight is 1160 g/mol. The van der Waals surface area contributed by atoms with E-state index in [1.807, 2.05) is 0 Å². The molecule has 9 amide bonds. The van der Waals surface area contributed by atoms with E-state index >= 15 is 0 Å². The maximum atomic E-state index is 14.2. The molecule has 2 rings (SSSR count). The number of nitrogens with zero attached hydrogens (tertiary/aromatic N) is 3. The predicted molar refractivity (Wildman–Crippen MR) is 300 cm³/mol. The molecular formula is C51H84N18O13. The quantitative estimate of drug-likeness (QED) is 0.0170. The molecule has 0 aliphatic carbocycles. The van der Waals surface area contributed by atoms with Gasteiger partial charge >= 0.3 is 5.97 Å². The number of carbonyl (C=O) groups excluding carboxylic acids is 9. The summed E-state index contributed by atoms with van der Waals surface area (Å²) in [5.74, 6) is -10.3. The number of carboxylic acid groups (broad SMARTS) is 1. The molecule has 82 heavy (non-hydrogen) atoms. The lowest BCUT2D eigenvalue weighted by Crippen LogP contribution is -2.63. The zero-order valence-electron chi connectivity index (χ0n) is 47.1. The number of aliphatic carboxylic acids is 1. The Balaban J connectivity index is 2.30. The van der Waals surface area contributed by atoms with E-state index in [1.54, 1.807) is 51.1 Å². The summed E-state index contributed by atoms with van der Waals surface area (Å²) >= 11 is 0. The summed E-state index contributed by atoms with van der Waals surface area (Å²) in [6, 6.07) is -4.08. The Morgan fingerprint density at radius 2 is 1.10 bits per heavy atom. The lowest BCUT2D eigenvalue weighted by atomic mass is 9.97. The number of aliphatic hydroxyl groups excluding tert-OH is 2. The van der Waals surface area contributed by atoms with Crippen molar-refractivity contribution in [1.29, 1.82) is 0 Å². The maximum Gasteiger partial charge on any atom is 0.326 e. The van der Waals surface area contributed by atoms with Gasteiger partial charge in [-0.1, -0.05) is 63.9 Å². The number of amides is 9. The molecule has 1 heterocycles. The molecule has 1 unspecified atom stereocenters. The monoisotopic (exact) mass is 1160 g/mol. The summed E-state index contributed by atoms with van der Waals surface area (Å²) in [5, 5.41) is 53.3. The molecule has 31 nitrogen and oxygen atoms in total. The minimum Gasteiger partial charge on any atom is -0.480 e. The highest BCUT2D eigenvalue weighted by molar-refractivity contribution is 5.98. The molecule has 0 fully saturated rings. The third kappa shape index (κ3) is 25.3. The highest BCUT2D eigenvalue weighted by atomic mass is 16.4. The van der Waals surface area contributed by atoms with Crippen molar-refractivity contribution in [3.63, 3.8) is 0 Å². The van der Waals surface area contributed by atoms with Crippen LogP contribution in [-0.4, -0.2) is 183 Å². The third-order valence-electron chi connectivity index (χ3n) is 12.7. The number of carboxylic acids is 1. The SMILES string of the molecule is CCC[C@H](NC(=O)[C@@H](NC(=O)[C@@H](CCCN=C(N)N)NC(=O)CNC(=O)[C@@H](NC(=O)[C@@H](NC(=O)[C@H](Cc1cnc[nH]1)NC(=O)[C@@H](Cc1ccccc1)NC(=O)[C@H](C)NC(=O)[C@@H](N)CCCN=C(N)N)[C@@H](C)O)[C@@H](C)O)C(C)CC)C(=O)O. The van der Waals surface area contributed by atoms with E-state index in [0.29, 0.717) is 30.5 Å². The summed E-state index contributed by atoms with van der Waals surface area (Å²) in [5.41, 5.74) is 28.5. The number of aliphatic hydroxyl groups is 2. The number of aromatic amines is 1. The fourth-order valence-corrected chi connectivity index (χ4v) is 7.86. The van der Waals surface area contributed by atoms with Gasteiger partial charge in [0.15, 0.2) is 11.9 Å². The zero-order chi connectivity index (χ0) is 61.6. The topological polar surface area (TPSA) is 523 Å². The van der Waals surface area contributed by atoms with Gasteiger partial charge in [0.2, 0.25) is 53.2 Å². The van der Waals surface area contributed by atoms with Crippen LogP contribution in [0.5, 0.6) is 0 Å². The van der Waals surface area contributed by atoms with Crippen LogP contribution < -0.4 is 76.5 Å². The van der Waals surface area contributed by atoms with E-state index in [9.17, 15) is 63.3 Å². The number of guanidine groups is 2. The van der Waals surface area contributed by atoms with Gasteiger partial charge in [-0.15, -0.1) is 0 Å². The van der Waals surface area contributed by atoms with Crippen LogP contribution >= 0.6 is 0 Å². The number of carbonyl (C=O) groups is 10. The number of aromatic nitrogens is 2. The van der Waals surface area contributed by atoms with E-state index in [0.717, 1.165) is 13.8 Å². The van der Waals surface area contributed by atoms with E-state index < -0.39 is 138 Å². The summed E-state index contributed by atoms with van der Waals surface area (Å²) in [4.78, 5) is 149. The number of hydrogen-bond donors (Lipinski definition) is 18. The smallest absolute Gasteiger partial charge is 0.326 e. The molecule has 31 heteroatoms. The van der Waals surface area contributed by atoms with Gasteiger partial charge in [-0.2, -0.15) is 0 Å². The first-order chi connectivity index (χ1) is 38.7. The molecule has 1 aromatic heterocycles. The lowest BCUT2D eigenvalue weighted by molar-refractivity contribution is -0.143. The minimum absolute atomic E-state index is 0.0367. The molecule has 0 aliphatic rings. The molecule has 0 saturated carbocycles. The summed E-state index contributed by atoms with van der Waals surface area (Å²) < 4.78 is 0. The van der Waals surface area contributed by atoms with Gasteiger partial charge in [-0.25, -0.2) is 9.78 Å². The van der Waals surface area contributed by atoms with Crippen molar-refractivity contribution in [3.05, 3.63) is 54.1 Å². The molecule has 1 aromatic carbocycles. The van der Waals surface area contributed by atoms with Crippen LogP contribution in [0, 0.1) is 5.92 Å². The first kappa shape index (κ1) is 69.7. The Labute approximate surface area is 475 Å². The number of hydrogen-bond acceptors (Lipinski definition) is 16. The number of rotatable bonds is 37. The first-order valence-corrected chi connectivity index (χ1v) is 26.8. The van der Waals surface area contributed by atoms with E-state index in [-0.39, 0.29) is 63.5 Å². The Morgan fingerprint density at radius 1 is 0.585 bits per heavy atom.